The van der Waals surface area contributed by atoms with Gasteiger partial charge in [0.25, 0.3) is 0 Å². The molecule has 0 aromatic rings. The van der Waals surface area contributed by atoms with E-state index in [0.29, 0.717) is 12.5 Å². The van der Waals surface area contributed by atoms with Crippen LogP contribution in [0.4, 0.5) is 4.79 Å². The quantitative estimate of drug-likeness (QED) is 0.852. The van der Waals surface area contributed by atoms with Crippen molar-refractivity contribution in [2.24, 2.45) is 5.92 Å². The fourth-order valence-electron chi connectivity index (χ4n) is 2.21. The topological polar surface area (TPSA) is 50.8 Å². The Morgan fingerprint density at radius 2 is 1.95 bits per heavy atom. The van der Waals surface area contributed by atoms with Crippen molar-refractivity contribution in [1.82, 2.24) is 10.2 Å². The molecule has 1 amide bonds. The summed E-state index contributed by atoms with van der Waals surface area (Å²) in [6.45, 7) is 10.4. The summed E-state index contributed by atoms with van der Waals surface area (Å²) >= 11 is 0. The molecule has 112 valence electrons. The molecule has 0 aromatic carbocycles. The molecule has 1 fully saturated rings. The van der Waals surface area contributed by atoms with E-state index in [1.54, 1.807) is 7.11 Å². The van der Waals surface area contributed by atoms with E-state index < -0.39 is 5.60 Å². The monoisotopic (exact) mass is 272 g/mol. The first kappa shape index (κ1) is 16.2. The summed E-state index contributed by atoms with van der Waals surface area (Å²) in [7, 11) is 1.74. The molecule has 0 radical (unpaired) electrons. The number of amides is 1. The summed E-state index contributed by atoms with van der Waals surface area (Å²) in [5, 5.41) is 2.86. The van der Waals surface area contributed by atoms with Gasteiger partial charge in [0.15, 0.2) is 0 Å². The predicted molar refractivity (Wildman–Crippen MR) is 75.0 cm³/mol. The van der Waals surface area contributed by atoms with Gasteiger partial charge in [0.05, 0.1) is 0 Å². The van der Waals surface area contributed by atoms with Crippen molar-refractivity contribution >= 4 is 6.09 Å². The average molecular weight is 272 g/mol. The molecule has 19 heavy (non-hydrogen) atoms. The number of ether oxygens (including phenoxy) is 2. The van der Waals surface area contributed by atoms with Crippen molar-refractivity contribution < 1.29 is 14.3 Å². The van der Waals surface area contributed by atoms with Crippen LogP contribution in [-0.2, 0) is 9.47 Å². The first-order chi connectivity index (χ1) is 8.81. The maximum absolute atomic E-state index is 11.6. The van der Waals surface area contributed by atoms with Gasteiger partial charge in [-0.3, -0.25) is 4.90 Å². The van der Waals surface area contributed by atoms with Crippen molar-refractivity contribution in [3.8, 4) is 0 Å². The van der Waals surface area contributed by atoms with Crippen LogP contribution in [0, 0.1) is 5.92 Å². The number of nitrogens with zero attached hydrogens (tertiary/aromatic N) is 1. The van der Waals surface area contributed by atoms with E-state index in [0.717, 1.165) is 25.9 Å². The lowest BCUT2D eigenvalue weighted by molar-refractivity contribution is -0.0351. The van der Waals surface area contributed by atoms with Gasteiger partial charge in [-0.25, -0.2) is 4.79 Å². The van der Waals surface area contributed by atoms with Crippen LogP contribution >= 0.6 is 0 Å². The highest BCUT2D eigenvalue weighted by atomic mass is 16.6. The SMILES string of the molecule is COC(C)N1CCC(CNC(=O)OC(C)(C)C)CC1. The second kappa shape index (κ2) is 7.10. The number of carbonyl (C=O) groups is 1. The second-order valence-electron chi connectivity index (χ2n) is 6.20. The van der Waals surface area contributed by atoms with E-state index in [2.05, 4.69) is 17.1 Å². The third kappa shape index (κ3) is 6.25. The van der Waals surface area contributed by atoms with Crippen LogP contribution in [0.2, 0.25) is 0 Å². The zero-order chi connectivity index (χ0) is 14.5. The minimum Gasteiger partial charge on any atom is -0.444 e. The molecule has 1 rings (SSSR count). The van der Waals surface area contributed by atoms with Gasteiger partial charge in [0.1, 0.15) is 11.8 Å². The van der Waals surface area contributed by atoms with Crippen LogP contribution in [0.1, 0.15) is 40.5 Å². The van der Waals surface area contributed by atoms with Crippen LogP contribution in [0.25, 0.3) is 0 Å². The number of likely N-dealkylation sites (tertiary alicyclic amines) is 1. The van der Waals surface area contributed by atoms with Crippen LogP contribution in [0.15, 0.2) is 0 Å². The highest BCUT2D eigenvalue weighted by Crippen LogP contribution is 2.18. The summed E-state index contributed by atoms with van der Waals surface area (Å²) in [5.74, 6) is 0.535. The Hall–Kier alpha value is -0.810. The Bertz CT molecular complexity index is 281. The smallest absolute Gasteiger partial charge is 0.407 e. The van der Waals surface area contributed by atoms with E-state index in [-0.39, 0.29) is 12.3 Å². The normalized spacial score (nSPS) is 20.1. The third-order valence-electron chi connectivity index (χ3n) is 3.44. The highest BCUT2D eigenvalue weighted by Gasteiger charge is 2.23. The molecule has 1 heterocycles. The minimum atomic E-state index is -0.429. The van der Waals surface area contributed by atoms with Crippen LogP contribution in [0.3, 0.4) is 0 Å². The van der Waals surface area contributed by atoms with Crippen LogP contribution < -0.4 is 5.32 Å². The third-order valence-corrected chi connectivity index (χ3v) is 3.44. The van der Waals surface area contributed by atoms with Gasteiger partial charge in [-0.2, -0.15) is 0 Å². The summed E-state index contributed by atoms with van der Waals surface area (Å²) in [6, 6.07) is 0. The van der Waals surface area contributed by atoms with E-state index in [1.807, 2.05) is 20.8 Å². The highest BCUT2D eigenvalue weighted by molar-refractivity contribution is 5.67. The Kier molecular flexibility index (Phi) is 6.07. The van der Waals surface area contributed by atoms with Gasteiger partial charge < -0.3 is 14.8 Å². The van der Waals surface area contributed by atoms with Gasteiger partial charge in [-0.15, -0.1) is 0 Å². The Morgan fingerprint density at radius 3 is 2.42 bits per heavy atom. The molecule has 1 aliphatic rings. The lowest BCUT2D eigenvalue weighted by Gasteiger charge is -2.35. The van der Waals surface area contributed by atoms with Crippen LogP contribution in [-0.4, -0.2) is 49.6 Å². The summed E-state index contributed by atoms with van der Waals surface area (Å²) in [4.78, 5) is 13.9. The van der Waals surface area contributed by atoms with E-state index in [9.17, 15) is 4.79 Å². The number of nitrogens with one attached hydrogen (secondary N) is 1. The van der Waals surface area contributed by atoms with E-state index >= 15 is 0 Å². The fourth-order valence-corrected chi connectivity index (χ4v) is 2.21. The predicted octanol–water partition coefficient (Wildman–Crippen LogP) is 2.22. The molecule has 1 atom stereocenters. The molecule has 0 aliphatic carbocycles. The molecule has 0 aromatic heterocycles. The number of piperidine rings is 1. The first-order valence-electron chi connectivity index (χ1n) is 7.05. The average Bonchev–Trinajstić information content (AvgIpc) is 2.34. The second-order valence-corrected chi connectivity index (χ2v) is 6.20. The Morgan fingerprint density at radius 1 is 1.37 bits per heavy atom. The van der Waals surface area contributed by atoms with E-state index in [1.165, 1.54) is 0 Å². The molecular weight excluding hydrogens is 244 g/mol. The number of carbonyl (C=O) groups excluding carboxylic acids is 1. The number of hydrogen-bond donors (Lipinski definition) is 1. The Labute approximate surface area is 116 Å². The molecule has 1 N–H and O–H groups in total. The fraction of sp³-hybridized carbons (Fsp3) is 0.929. The molecule has 0 spiro atoms. The maximum Gasteiger partial charge on any atom is 0.407 e. The number of hydrogen-bond acceptors (Lipinski definition) is 4. The van der Waals surface area contributed by atoms with Crippen molar-refractivity contribution in [1.29, 1.82) is 0 Å². The summed E-state index contributed by atoms with van der Waals surface area (Å²) < 4.78 is 10.5. The minimum absolute atomic E-state index is 0.180. The standard InChI is InChI=1S/C14H28N2O3/c1-11(18-5)16-8-6-12(7-9-16)10-15-13(17)19-14(2,3)4/h11-12H,6-10H2,1-5H3,(H,15,17). The van der Waals surface area contributed by atoms with Gasteiger partial charge in [0, 0.05) is 26.7 Å². The van der Waals surface area contributed by atoms with Gasteiger partial charge in [-0.05, 0) is 46.5 Å². The van der Waals surface area contributed by atoms with Gasteiger partial charge >= 0.3 is 6.09 Å². The molecule has 5 nitrogen and oxygen atoms in total. The number of rotatable bonds is 4. The van der Waals surface area contributed by atoms with Crippen molar-refractivity contribution in [3.63, 3.8) is 0 Å². The zero-order valence-electron chi connectivity index (χ0n) is 12.9. The van der Waals surface area contributed by atoms with Crippen molar-refractivity contribution in [2.75, 3.05) is 26.7 Å². The largest absolute Gasteiger partial charge is 0.444 e. The summed E-state index contributed by atoms with van der Waals surface area (Å²) in [6.07, 6.45) is 2.03. The van der Waals surface area contributed by atoms with Gasteiger partial charge in [0.2, 0.25) is 0 Å². The number of alkyl carbamates (subject to hydrolysis) is 1. The van der Waals surface area contributed by atoms with Gasteiger partial charge in [-0.1, -0.05) is 0 Å². The Balaban J connectivity index is 2.21. The molecule has 1 saturated heterocycles. The zero-order valence-corrected chi connectivity index (χ0v) is 12.9. The molecular formula is C14H28N2O3. The summed E-state index contributed by atoms with van der Waals surface area (Å²) in [5.41, 5.74) is -0.429. The van der Waals surface area contributed by atoms with Crippen molar-refractivity contribution in [2.45, 2.75) is 52.4 Å². The molecule has 1 aliphatic heterocycles. The first-order valence-corrected chi connectivity index (χ1v) is 7.05. The molecule has 0 bridgehead atoms. The molecule has 1 unspecified atom stereocenters. The van der Waals surface area contributed by atoms with E-state index in [4.69, 9.17) is 9.47 Å². The lowest BCUT2D eigenvalue weighted by Crippen LogP contribution is -2.43. The van der Waals surface area contributed by atoms with Crippen molar-refractivity contribution in [3.05, 3.63) is 0 Å². The lowest BCUT2D eigenvalue weighted by atomic mass is 9.97. The van der Waals surface area contributed by atoms with Crippen LogP contribution in [0.5, 0.6) is 0 Å². The number of methoxy groups -OCH3 is 1. The molecule has 5 heteroatoms. The maximum atomic E-state index is 11.6. The molecule has 0 saturated carbocycles.